The molecule has 0 spiro atoms. The molecule has 1 aliphatic rings. The van der Waals surface area contributed by atoms with E-state index in [0.717, 1.165) is 17.7 Å². The highest BCUT2D eigenvalue weighted by atomic mass is 19.4. The fourth-order valence-electron chi connectivity index (χ4n) is 3.70. The van der Waals surface area contributed by atoms with Crippen molar-refractivity contribution in [3.05, 3.63) is 53.3 Å². The molecule has 0 radical (unpaired) electrons. The third kappa shape index (κ3) is 5.84. The zero-order valence-electron chi connectivity index (χ0n) is 17.5. The second kappa shape index (κ2) is 9.51. The Morgan fingerprint density at radius 1 is 1.32 bits per heavy atom. The van der Waals surface area contributed by atoms with Crippen molar-refractivity contribution in [2.24, 2.45) is 7.05 Å². The van der Waals surface area contributed by atoms with Gasteiger partial charge in [0.2, 0.25) is 11.8 Å². The Kier molecular flexibility index (Phi) is 6.99. The van der Waals surface area contributed by atoms with Gasteiger partial charge in [-0.2, -0.15) is 18.3 Å². The van der Waals surface area contributed by atoms with Crippen molar-refractivity contribution in [1.29, 1.82) is 0 Å². The van der Waals surface area contributed by atoms with E-state index in [0.29, 0.717) is 31.7 Å². The largest absolute Gasteiger partial charge is 0.416 e. The van der Waals surface area contributed by atoms with E-state index in [1.54, 1.807) is 33.8 Å². The van der Waals surface area contributed by atoms with E-state index < -0.39 is 17.8 Å². The highest BCUT2D eigenvalue weighted by molar-refractivity contribution is 5.88. The molecule has 1 aliphatic heterocycles. The highest BCUT2D eigenvalue weighted by Gasteiger charge is 2.34. The van der Waals surface area contributed by atoms with Gasteiger partial charge >= 0.3 is 6.18 Å². The van der Waals surface area contributed by atoms with Crippen LogP contribution in [0.15, 0.2) is 36.7 Å². The van der Waals surface area contributed by atoms with Crippen LogP contribution in [0.5, 0.6) is 0 Å². The Morgan fingerprint density at radius 2 is 2.10 bits per heavy atom. The summed E-state index contributed by atoms with van der Waals surface area (Å²) in [5.41, 5.74) is 0.601. The van der Waals surface area contributed by atoms with Crippen LogP contribution in [-0.2, 0) is 35.9 Å². The van der Waals surface area contributed by atoms with E-state index >= 15 is 0 Å². The van der Waals surface area contributed by atoms with Crippen LogP contribution in [0.2, 0.25) is 0 Å². The molecule has 0 saturated carbocycles. The van der Waals surface area contributed by atoms with Gasteiger partial charge in [0.05, 0.1) is 24.2 Å². The minimum atomic E-state index is -4.43. The summed E-state index contributed by atoms with van der Waals surface area (Å²) in [6.07, 6.45) is -0.968. The highest BCUT2D eigenvalue weighted by Crippen LogP contribution is 2.30. The van der Waals surface area contributed by atoms with Crippen LogP contribution in [0.25, 0.3) is 0 Å². The number of nitrogens with zero attached hydrogens (tertiary/aromatic N) is 4. The SMILES string of the molecule is CCN(Cc1cnn(C)c1)C(=O)C[C@H]1C(=O)NCCN1Cc1cccc(C(F)(F)F)c1. The van der Waals surface area contributed by atoms with Crippen LogP contribution in [0, 0.1) is 0 Å². The van der Waals surface area contributed by atoms with Gasteiger partial charge in [0, 0.05) is 51.5 Å². The quantitative estimate of drug-likeness (QED) is 0.721. The first kappa shape index (κ1) is 22.8. The molecule has 0 bridgehead atoms. The molecule has 0 unspecified atom stereocenters. The van der Waals surface area contributed by atoms with Gasteiger partial charge in [-0.3, -0.25) is 19.2 Å². The molecule has 168 valence electrons. The van der Waals surface area contributed by atoms with Crippen molar-refractivity contribution < 1.29 is 22.8 Å². The number of alkyl halides is 3. The van der Waals surface area contributed by atoms with Crippen molar-refractivity contribution in [3.8, 4) is 0 Å². The van der Waals surface area contributed by atoms with Gasteiger partial charge in [-0.05, 0) is 18.6 Å². The molecule has 31 heavy (non-hydrogen) atoms. The number of nitrogens with one attached hydrogen (secondary N) is 1. The van der Waals surface area contributed by atoms with Crippen molar-refractivity contribution in [3.63, 3.8) is 0 Å². The first-order valence-electron chi connectivity index (χ1n) is 10.1. The fourth-order valence-corrected chi connectivity index (χ4v) is 3.70. The third-order valence-corrected chi connectivity index (χ3v) is 5.32. The summed E-state index contributed by atoms with van der Waals surface area (Å²) in [7, 11) is 1.79. The molecule has 7 nitrogen and oxygen atoms in total. The number of carbonyl (C=O) groups is 2. The van der Waals surface area contributed by atoms with Crippen LogP contribution in [-0.4, -0.2) is 57.1 Å². The molecule has 2 amide bonds. The third-order valence-electron chi connectivity index (χ3n) is 5.32. The van der Waals surface area contributed by atoms with E-state index in [2.05, 4.69) is 10.4 Å². The first-order valence-corrected chi connectivity index (χ1v) is 10.1. The summed E-state index contributed by atoms with van der Waals surface area (Å²) in [5, 5.41) is 6.85. The van der Waals surface area contributed by atoms with E-state index in [1.807, 2.05) is 13.1 Å². The topological polar surface area (TPSA) is 70.5 Å². The summed E-state index contributed by atoms with van der Waals surface area (Å²) >= 11 is 0. The normalized spacial score (nSPS) is 17.5. The minimum absolute atomic E-state index is 0.0428. The maximum absolute atomic E-state index is 13.0. The molecule has 1 N–H and O–H groups in total. The molecule has 2 aromatic rings. The fraction of sp³-hybridized carbons (Fsp3) is 0.476. The maximum atomic E-state index is 13.0. The summed E-state index contributed by atoms with van der Waals surface area (Å²) < 4.78 is 40.7. The van der Waals surface area contributed by atoms with Crippen molar-refractivity contribution >= 4 is 11.8 Å². The molecule has 1 saturated heterocycles. The average molecular weight is 437 g/mol. The number of hydrogen-bond donors (Lipinski definition) is 1. The zero-order valence-corrected chi connectivity index (χ0v) is 17.5. The van der Waals surface area contributed by atoms with Crippen LogP contribution in [0.4, 0.5) is 13.2 Å². The lowest BCUT2D eigenvalue weighted by Gasteiger charge is -2.35. The summed E-state index contributed by atoms with van der Waals surface area (Å²) in [6.45, 7) is 3.70. The van der Waals surface area contributed by atoms with Crippen LogP contribution < -0.4 is 5.32 Å². The Labute approximate surface area is 178 Å². The average Bonchev–Trinajstić information content (AvgIpc) is 3.13. The second-order valence-corrected chi connectivity index (χ2v) is 7.61. The van der Waals surface area contributed by atoms with Crippen LogP contribution in [0.3, 0.4) is 0 Å². The van der Waals surface area contributed by atoms with Gasteiger partial charge in [-0.25, -0.2) is 0 Å². The zero-order chi connectivity index (χ0) is 22.6. The molecule has 1 fully saturated rings. The van der Waals surface area contributed by atoms with Crippen molar-refractivity contribution in [2.75, 3.05) is 19.6 Å². The van der Waals surface area contributed by atoms with E-state index in [9.17, 15) is 22.8 Å². The van der Waals surface area contributed by atoms with Gasteiger partial charge in [0.15, 0.2) is 0 Å². The number of hydrogen-bond acceptors (Lipinski definition) is 4. The predicted octanol–water partition coefficient (Wildman–Crippen LogP) is 2.18. The summed E-state index contributed by atoms with van der Waals surface area (Å²) in [6, 6.07) is 4.33. The molecule has 1 atom stereocenters. The molecule has 1 aromatic heterocycles. The molecule has 0 aliphatic carbocycles. The Balaban J connectivity index is 1.71. The van der Waals surface area contributed by atoms with E-state index in [1.165, 1.54) is 6.07 Å². The molecular formula is C21H26F3N5O2. The molecule has 3 rings (SSSR count). The standard InChI is InChI=1S/C21H26F3N5O2/c1-3-28(14-16-11-26-27(2)12-16)19(30)10-18-20(31)25-7-8-29(18)13-15-5-4-6-17(9-15)21(22,23)24/h4-6,9,11-12,18H,3,7-8,10,13-14H2,1-2H3,(H,25,31)/t18-/m0/s1. The van der Waals surface area contributed by atoms with E-state index in [4.69, 9.17) is 0 Å². The first-order chi connectivity index (χ1) is 14.7. The lowest BCUT2D eigenvalue weighted by Crippen LogP contribution is -2.56. The smallest absolute Gasteiger partial charge is 0.353 e. The van der Waals surface area contributed by atoms with Gasteiger partial charge in [0.25, 0.3) is 0 Å². The number of aromatic nitrogens is 2. The summed E-state index contributed by atoms with van der Waals surface area (Å²) in [4.78, 5) is 28.8. The second-order valence-electron chi connectivity index (χ2n) is 7.61. The number of halogens is 3. The lowest BCUT2D eigenvalue weighted by atomic mass is 10.0. The van der Waals surface area contributed by atoms with Gasteiger partial charge in [-0.15, -0.1) is 0 Å². The molecular weight excluding hydrogens is 411 g/mol. The van der Waals surface area contributed by atoms with Gasteiger partial charge in [0.1, 0.15) is 0 Å². The number of piperazine rings is 1. The Bertz CT molecular complexity index is 928. The number of carbonyl (C=O) groups excluding carboxylic acids is 2. The number of rotatable bonds is 7. The van der Waals surface area contributed by atoms with Crippen LogP contribution >= 0.6 is 0 Å². The molecule has 2 heterocycles. The van der Waals surface area contributed by atoms with Crippen LogP contribution in [0.1, 0.15) is 30.0 Å². The predicted molar refractivity (Wildman–Crippen MR) is 108 cm³/mol. The maximum Gasteiger partial charge on any atom is 0.416 e. The monoisotopic (exact) mass is 437 g/mol. The number of benzene rings is 1. The molecule has 10 heteroatoms. The van der Waals surface area contributed by atoms with Gasteiger partial charge < -0.3 is 10.2 Å². The molecule has 1 aromatic carbocycles. The minimum Gasteiger partial charge on any atom is -0.353 e. The Hall–Kier alpha value is -2.88. The van der Waals surface area contributed by atoms with E-state index in [-0.39, 0.29) is 24.8 Å². The summed E-state index contributed by atoms with van der Waals surface area (Å²) in [5.74, 6) is -0.480. The number of amides is 2. The van der Waals surface area contributed by atoms with Crippen molar-refractivity contribution in [1.82, 2.24) is 24.9 Å². The number of aryl methyl sites for hydroxylation is 1. The Morgan fingerprint density at radius 3 is 2.74 bits per heavy atom. The lowest BCUT2D eigenvalue weighted by molar-refractivity contribution is -0.139. The van der Waals surface area contributed by atoms with Crippen molar-refractivity contribution in [2.45, 2.75) is 38.7 Å². The van der Waals surface area contributed by atoms with Gasteiger partial charge in [-0.1, -0.05) is 18.2 Å².